The molecule has 6 nitrogen and oxygen atoms in total. The summed E-state index contributed by atoms with van der Waals surface area (Å²) < 4.78 is 11.2. The smallest absolute Gasteiger partial charge is 0.246 e. The Kier molecular flexibility index (Phi) is 3.21. The van der Waals surface area contributed by atoms with E-state index in [0.29, 0.717) is 28.0 Å². The fourth-order valence-electron chi connectivity index (χ4n) is 2.07. The van der Waals surface area contributed by atoms with Crippen molar-refractivity contribution < 1.29 is 14.3 Å². The van der Waals surface area contributed by atoms with E-state index < -0.39 is 5.79 Å². The second-order valence-electron chi connectivity index (χ2n) is 5.17. The predicted molar refractivity (Wildman–Crippen MR) is 80.6 cm³/mol. The highest BCUT2D eigenvalue weighted by atomic mass is 32.1. The number of carbonyl (C=O) groups is 1. The first-order valence-electron chi connectivity index (χ1n) is 6.43. The number of nitrogens with two attached hydrogens (primary N) is 1. The van der Waals surface area contributed by atoms with Crippen molar-refractivity contribution >= 4 is 28.1 Å². The number of hydrogen-bond acceptors (Lipinski definition) is 6. The number of benzene rings is 1. The van der Waals surface area contributed by atoms with Crippen molar-refractivity contribution in [1.29, 1.82) is 0 Å². The molecule has 2 heterocycles. The maximum Gasteiger partial charge on any atom is 0.246 e. The molecule has 21 heavy (non-hydrogen) atoms. The number of rotatable bonds is 3. The number of ether oxygens (including phenoxy) is 2. The van der Waals surface area contributed by atoms with Gasteiger partial charge < -0.3 is 20.5 Å². The van der Waals surface area contributed by atoms with E-state index in [0.717, 1.165) is 0 Å². The first-order valence-corrected chi connectivity index (χ1v) is 7.31. The zero-order valence-corrected chi connectivity index (χ0v) is 12.5. The summed E-state index contributed by atoms with van der Waals surface area (Å²) in [6, 6.07) is 5.30. The van der Waals surface area contributed by atoms with Crippen molar-refractivity contribution in [3.8, 4) is 11.5 Å². The fraction of sp³-hybridized carbons (Fsp3) is 0.286. The van der Waals surface area contributed by atoms with Crippen LogP contribution in [0.15, 0.2) is 23.6 Å². The molecule has 1 aromatic heterocycles. The molecule has 0 saturated heterocycles. The lowest BCUT2D eigenvalue weighted by Gasteiger charge is -2.16. The Hall–Kier alpha value is -2.28. The lowest BCUT2D eigenvalue weighted by Crippen LogP contribution is -2.29. The number of thiazole rings is 1. The highest BCUT2D eigenvalue weighted by Crippen LogP contribution is 2.40. The molecule has 1 aliphatic rings. The number of nitrogen functional groups attached to an aromatic ring is 1. The summed E-state index contributed by atoms with van der Waals surface area (Å²) >= 11 is 1.32. The van der Waals surface area contributed by atoms with Crippen LogP contribution < -0.4 is 20.5 Å². The van der Waals surface area contributed by atoms with E-state index in [9.17, 15) is 4.79 Å². The van der Waals surface area contributed by atoms with Crippen LogP contribution in [-0.2, 0) is 11.2 Å². The van der Waals surface area contributed by atoms with Crippen LogP contribution in [0, 0.1) is 0 Å². The molecule has 3 N–H and O–H groups in total. The maximum absolute atomic E-state index is 12.0. The normalized spacial score (nSPS) is 15.0. The van der Waals surface area contributed by atoms with Gasteiger partial charge in [0.2, 0.25) is 11.7 Å². The van der Waals surface area contributed by atoms with Crippen LogP contribution in [-0.4, -0.2) is 16.7 Å². The number of nitrogens with zero attached hydrogens (tertiary/aromatic N) is 1. The van der Waals surface area contributed by atoms with Gasteiger partial charge in [0, 0.05) is 31.0 Å². The molecule has 0 radical (unpaired) electrons. The topological polar surface area (TPSA) is 86.5 Å². The van der Waals surface area contributed by atoms with E-state index in [4.69, 9.17) is 15.2 Å². The average Bonchev–Trinajstić information content (AvgIpc) is 2.90. The largest absolute Gasteiger partial charge is 0.449 e. The molecule has 0 unspecified atom stereocenters. The van der Waals surface area contributed by atoms with Gasteiger partial charge in [0.05, 0.1) is 12.1 Å². The summed E-state index contributed by atoms with van der Waals surface area (Å²) in [5.74, 6) is 0.461. The highest BCUT2D eigenvalue weighted by Gasteiger charge is 2.31. The van der Waals surface area contributed by atoms with Gasteiger partial charge in [-0.15, -0.1) is 11.3 Å². The maximum atomic E-state index is 12.0. The first-order chi connectivity index (χ1) is 9.91. The Bertz CT molecular complexity index is 697. The number of carbonyl (C=O) groups excluding carboxylic acids is 1. The summed E-state index contributed by atoms with van der Waals surface area (Å²) in [4.78, 5) is 16.0. The van der Waals surface area contributed by atoms with Crippen molar-refractivity contribution in [2.75, 3.05) is 11.1 Å². The van der Waals surface area contributed by atoms with Crippen molar-refractivity contribution in [3.63, 3.8) is 0 Å². The zero-order valence-electron chi connectivity index (χ0n) is 11.7. The summed E-state index contributed by atoms with van der Waals surface area (Å²) in [6.45, 7) is 3.66. The SMILES string of the molecule is CC1(C)Oc2ccc(NC(=O)Cc3csc(N)n3)cc2O1. The van der Waals surface area contributed by atoms with Crippen LogP contribution in [0.5, 0.6) is 11.5 Å². The predicted octanol–water partition coefficient (Wildman–Crippen LogP) is 2.41. The third-order valence-corrected chi connectivity index (χ3v) is 3.57. The van der Waals surface area contributed by atoms with E-state index in [2.05, 4.69) is 10.3 Å². The number of anilines is 2. The number of fused-ring (bicyclic) bond motifs is 1. The summed E-state index contributed by atoms with van der Waals surface area (Å²) in [5, 5.41) is 5.04. The van der Waals surface area contributed by atoms with E-state index in [-0.39, 0.29) is 12.3 Å². The number of amides is 1. The lowest BCUT2D eigenvalue weighted by molar-refractivity contribution is -0.115. The molecule has 3 rings (SSSR count). The molecule has 110 valence electrons. The zero-order chi connectivity index (χ0) is 15.0. The van der Waals surface area contributed by atoms with Gasteiger partial charge in [-0.25, -0.2) is 4.98 Å². The Morgan fingerprint density at radius 2 is 2.14 bits per heavy atom. The molecule has 0 aliphatic carbocycles. The average molecular weight is 305 g/mol. The molecule has 0 spiro atoms. The molecule has 0 fully saturated rings. The Balaban J connectivity index is 1.67. The monoisotopic (exact) mass is 305 g/mol. The molecule has 1 amide bonds. The van der Waals surface area contributed by atoms with Gasteiger partial charge in [0.1, 0.15) is 0 Å². The Labute approximate surface area is 125 Å². The van der Waals surface area contributed by atoms with Gasteiger partial charge in [-0.3, -0.25) is 4.79 Å². The van der Waals surface area contributed by atoms with E-state index in [1.165, 1.54) is 11.3 Å². The number of aromatic nitrogens is 1. The van der Waals surface area contributed by atoms with Gasteiger partial charge >= 0.3 is 0 Å². The van der Waals surface area contributed by atoms with Crippen LogP contribution in [0.4, 0.5) is 10.8 Å². The van der Waals surface area contributed by atoms with E-state index in [1.54, 1.807) is 23.6 Å². The van der Waals surface area contributed by atoms with Crippen LogP contribution in [0.25, 0.3) is 0 Å². The first kappa shape index (κ1) is 13.7. The van der Waals surface area contributed by atoms with E-state index in [1.807, 2.05) is 13.8 Å². The third-order valence-electron chi connectivity index (χ3n) is 2.85. The molecular weight excluding hydrogens is 290 g/mol. The molecular formula is C14H15N3O3S. The third kappa shape index (κ3) is 3.08. The summed E-state index contributed by atoms with van der Waals surface area (Å²) in [7, 11) is 0. The minimum Gasteiger partial charge on any atom is -0.449 e. The number of nitrogens with one attached hydrogen (secondary N) is 1. The molecule has 0 saturated carbocycles. The molecule has 0 bridgehead atoms. The second-order valence-corrected chi connectivity index (χ2v) is 6.06. The molecule has 1 aromatic carbocycles. The fourth-order valence-corrected chi connectivity index (χ4v) is 2.64. The summed E-state index contributed by atoms with van der Waals surface area (Å²) in [6.07, 6.45) is 0.188. The minimum atomic E-state index is -0.677. The lowest BCUT2D eigenvalue weighted by atomic mass is 10.2. The van der Waals surface area contributed by atoms with Crippen molar-refractivity contribution in [2.24, 2.45) is 0 Å². The molecule has 1 aliphatic heterocycles. The van der Waals surface area contributed by atoms with Gasteiger partial charge in [0.15, 0.2) is 16.6 Å². The quantitative estimate of drug-likeness (QED) is 0.909. The number of hydrogen-bond donors (Lipinski definition) is 2. The minimum absolute atomic E-state index is 0.154. The Morgan fingerprint density at radius 3 is 2.86 bits per heavy atom. The van der Waals surface area contributed by atoms with Gasteiger partial charge in [-0.05, 0) is 12.1 Å². The van der Waals surface area contributed by atoms with Crippen molar-refractivity contribution in [3.05, 3.63) is 29.3 Å². The highest BCUT2D eigenvalue weighted by molar-refractivity contribution is 7.13. The molecule has 7 heteroatoms. The molecule has 0 atom stereocenters. The Morgan fingerprint density at radius 1 is 1.38 bits per heavy atom. The van der Waals surface area contributed by atoms with Gasteiger partial charge in [0.25, 0.3) is 0 Å². The summed E-state index contributed by atoms with van der Waals surface area (Å²) in [5.41, 5.74) is 6.86. The van der Waals surface area contributed by atoms with Crippen LogP contribution in [0.1, 0.15) is 19.5 Å². The van der Waals surface area contributed by atoms with Gasteiger partial charge in [-0.2, -0.15) is 0 Å². The van der Waals surface area contributed by atoms with Crippen LogP contribution >= 0.6 is 11.3 Å². The van der Waals surface area contributed by atoms with E-state index >= 15 is 0 Å². The van der Waals surface area contributed by atoms with Crippen LogP contribution in [0.3, 0.4) is 0 Å². The van der Waals surface area contributed by atoms with Crippen molar-refractivity contribution in [1.82, 2.24) is 4.98 Å². The van der Waals surface area contributed by atoms with Crippen molar-refractivity contribution in [2.45, 2.75) is 26.1 Å². The second kappa shape index (κ2) is 4.92. The van der Waals surface area contributed by atoms with Gasteiger partial charge in [-0.1, -0.05) is 0 Å². The standard InChI is InChI=1S/C14H15N3O3S/c1-14(2)19-10-4-3-8(5-11(10)20-14)16-12(18)6-9-7-21-13(15)17-9/h3-5,7H,6H2,1-2H3,(H2,15,17)(H,16,18). The molecule has 2 aromatic rings. The van der Waals surface area contributed by atoms with Crippen LogP contribution in [0.2, 0.25) is 0 Å².